The minimum atomic E-state index is 0.443. The van der Waals surface area contributed by atoms with Gasteiger partial charge >= 0.3 is 0 Å². The first kappa shape index (κ1) is 21.0. The van der Waals surface area contributed by atoms with Gasteiger partial charge in [-0.15, -0.1) is 0 Å². The topological polar surface area (TPSA) is 24.9 Å². The number of ether oxygens (including phenoxy) is 2. The highest BCUT2D eigenvalue weighted by atomic mass is 16.5. The lowest BCUT2D eigenvalue weighted by atomic mass is 10.2. The van der Waals surface area contributed by atoms with Crippen LogP contribution < -0.4 is 0 Å². The van der Waals surface area contributed by atoms with Gasteiger partial charge < -0.3 is 9.47 Å². The van der Waals surface area contributed by atoms with Gasteiger partial charge in [-0.3, -0.25) is 9.80 Å². The number of likely N-dealkylation sites (tertiary alicyclic amines) is 2. The summed E-state index contributed by atoms with van der Waals surface area (Å²) >= 11 is 0. The Morgan fingerprint density at radius 3 is 1.39 bits per heavy atom. The van der Waals surface area contributed by atoms with E-state index in [9.17, 15) is 0 Å². The monoisotopic (exact) mass is 382 g/mol. The standard InChI is InChI=1S/2C12H17NO/c2*1-14-12-7-8-13(10-12)9-11-5-3-2-4-6-11/h2*2-6,12H,7-10H2,1H3/t2*12-/m11/s1. The Bertz CT molecular complexity index is 605. The Balaban J connectivity index is 0.000000161. The molecule has 2 aliphatic heterocycles. The van der Waals surface area contributed by atoms with Crippen LogP contribution in [-0.2, 0) is 22.6 Å². The van der Waals surface area contributed by atoms with E-state index in [0.29, 0.717) is 12.2 Å². The van der Waals surface area contributed by atoms with Crippen molar-refractivity contribution < 1.29 is 9.47 Å². The fourth-order valence-corrected chi connectivity index (χ4v) is 3.95. The number of rotatable bonds is 6. The van der Waals surface area contributed by atoms with Gasteiger partial charge in [0.05, 0.1) is 12.2 Å². The van der Waals surface area contributed by atoms with Crippen LogP contribution >= 0.6 is 0 Å². The molecule has 4 nitrogen and oxygen atoms in total. The third-order valence-electron chi connectivity index (χ3n) is 5.62. The quantitative estimate of drug-likeness (QED) is 0.758. The normalized spacial score (nSPS) is 22.8. The first-order valence-electron chi connectivity index (χ1n) is 10.3. The van der Waals surface area contributed by atoms with Crippen LogP contribution in [0.4, 0.5) is 0 Å². The van der Waals surface area contributed by atoms with Gasteiger partial charge in [-0.1, -0.05) is 60.7 Å². The minimum absolute atomic E-state index is 0.443. The average molecular weight is 383 g/mol. The maximum absolute atomic E-state index is 5.34. The van der Waals surface area contributed by atoms with E-state index in [0.717, 1.165) is 39.3 Å². The van der Waals surface area contributed by atoms with Gasteiger partial charge in [-0.05, 0) is 24.0 Å². The van der Waals surface area contributed by atoms with Crippen molar-refractivity contribution in [2.24, 2.45) is 0 Å². The van der Waals surface area contributed by atoms with E-state index >= 15 is 0 Å². The number of hydrogen-bond donors (Lipinski definition) is 0. The highest BCUT2D eigenvalue weighted by Crippen LogP contribution is 2.15. The molecule has 4 heteroatoms. The van der Waals surface area contributed by atoms with Crippen LogP contribution in [-0.4, -0.2) is 62.4 Å². The van der Waals surface area contributed by atoms with E-state index in [2.05, 4.69) is 70.5 Å². The molecular weight excluding hydrogens is 348 g/mol. The third-order valence-corrected chi connectivity index (χ3v) is 5.62. The molecular formula is C24H34N2O2. The molecule has 0 radical (unpaired) electrons. The van der Waals surface area contributed by atoms with E-state index in [-0.39, 0.29) is 0 Å². The van der Waals surface area contributed by atoms with E-state index in [1.165, 1.54) is 24.0 Å². The molecule has 0 spiro atoms. The van der Waals surface area contributed by atoms with Crippen LogP contribution in [0.1, 0.15) is 24.0 Å². The summed E-state index contributed by atoms with van der Waals surface area (Å²) in [4.78, 5) is 4.90. The Kier molecular flexibility index (Phi) is 8.49. The number of benzene rings is 2. The number of methoxy groups -OCH3 is 2. The van der Waals surface area contributed by atoms with Crippen molar-refractivity contribution in [3.8, 4) is 0 Å². The van der Waals surface area contributed by atoms with Gasteiger partial charge in [0.1, 0.15) is 0 Å². The van der Waals surface area contributed by atoms with Crippen molar-refractivity contribution in [1.29, 1.82) is 0 Å². The van der Waals surface area contributed by atoms with Crippen LogP contribution in [0.5, 0.6) is 0 Å². The van der Waals surface area contributed by atoms with E-state index < -0.39 is 0 Å². The highest BCUT2D eigenvalue weighted by Gasteiger charge is 2.22. The van der Waals surface area contributed by atoms with Gasteiger partial charge in [-0.25, -0.2) is 0 Å². The summed E-state index contributed by atoms with van der Waals surface area (Å²) in [7, 11) is 3.60. The SMILES string of the molecule is CO[C@@H]1CCN(Cc2ccccc2)C1.CO[C@@H]1CCN(Cc2ccccc2)C1. The van der Waals surface area contributed by atoms with E-state index in [1.54, 1.807) is 14.2 Å². The Labute approximate surface area is 170 Å². The average Bonchev–Trinajstić information content (AvgIpc) is 3.39. The molecule has 2 aromatic carbocycles. The molecule has 0 N–H and O–H groups in total. The van der Waals surface area contributed by atoms with Crippen LogP contribution in [0.2, 0.25) is 0 Å². The smallest absolute Gasteiger partial charge is 0.0710 e. The van der Waals surface area contributed by atoms with Crippen molar-refractivity contribution in [2.75, 3.05) is 40.4 Å². The Morgan fingerprint density at radius 1 is 0.679 bits per heavy atom. The van der Waals surface area contributed by atoms with Crippen molar-refractivity contribution in [3.05, 3.63) is 71.8 Å². The number of nitrogens with zero attached hydrogens (tertiary/aromatic N) is 2. The largest absolute Gasteiger partial charge is 0.380 e. The first-order valence-corrected chi connectivity index (χ1v) is 10.3. The maximum Gasteiger partial charge on any atom is 0.0710 e. The molecule has 0 bridgehead atoms. The fourth-order valence-electron chi connectivity index (χ4n) is 3.95. The predicted molar refractivity (Wildman–Crippen MR) is 114 cm³/mol. The van der Waals surface area contributed by atoms with E-state index in [1.807, 2.05) is 0 Å². The summed E-state index contributed by atoms with van der Waals surface area (Å²) in [6.07, 6.45) is 3.23. The second-order valence-electron chi connectivity index (χ2n) is 7.73. The molecule has 2 fully saturated rings. The van der Waals surface area contributed by atoms with Gasteiger partial charge in [0.15, 0.2) is 0 Å². The molecule has 152 valence electrons. The molecule has 0 aliphatic carbocycles. The van der Waals surface area contributed by atoms with Gasteiger partial charge in [0, 0.05) is 53.5 Å². The lowest BCUT2D eigenvalue weighted by Crippen LogP contribution is -2.22. The number of hydrogen-bond acceptors (Lipinski definition) is 4. The summed E-state index contributed by atoms with van der Waals surface area (Å²) in [6, 6.07) is 21.2. The maximum atomic E-state index is 5.34. The van der Waals surface area contributed by atoms with Gasteiger partial charge in [0.2, 0.25) is 0 Å². The first-order chi connectivity index (χ1) is 13.8. The van der Waals surface area contributed by atoms with Crippen LogP contribution in [0, 0.1) is 0 Å². The third kappa shape index (κ3) is 6.71. The van der Waals surface area contributed by atoms with Crippen molar-refractivity contribution in [2.45, 2.75) is 38.1 Å². The molecule has 2 atom stereocenters. The molecule has 0 saturated carbocycles. The molecule has 0 unspecified atom stereocenters. The van der Waals surface area contributed by atoms with Crippen LogP contribution in [0.3, 0.4) is 0 Å². The van der Waals surface area contributed by atoms with E-state index in [4.69, 9.17) is 9.47 Å². The summed E-state index contributed by atoms with van der Waals surface area (Å²) < 4.78 is 10.7. The molecule has 0 aromatic heterocycles. The zero-order valence-electron chi connectivity index (χ0n) is 17.3. The fraction of sp³-hybridized carbons (Fsp3) is 0.500. The van der Waals surface area contributed by atoms with Gasteiger partial charge in [-0.2, -0.15) is 0 Å². The lowest BCUT2D eigenvalue weighted by molar-refractivity contribution is 0.107. The summed E-state index contributed by atoms with van der Waals surface area (Å²) in [5.41, 5.74) is 2.79. The lowest BCUT2D eigenvalue weighted by Gasteiger charge is -2.15. The zero-order valence-corrected chi connectivity index (χ0v) is 17.3. The minimum Gasteiger partial charge on any atom is -0.380 e. The van der Waals surface area contributed by atoms with Crippen LogP contribution in [0.25, 0.3) is 0 Å². The summed E-state index contributed by atoms with van der Waals surface area (Å²) in [6.45, 7) is 6.58. The molecule has 0 amide bonds. The van der Waals surface area contributed by atoms with Gasteiger partial charge in [0.25, 0.3) is 0 Å². The summed E-state index contributed by atoms with van der Waals surface area (Å²) in [5.74, 6) is 0. The Morgan fingerprint density at radius 2 is 1.07 bits per heavy atom. The zero-order chi connectivity index (χ0) is 19.6. The van der Waals surface area contributed by atoms with Crippen molar-refractivity contribution in [3.63, 3.8) is 0 Å². The molecule has 2 aromatic rings. The second-order valence-corrected chi connectivity index (χ2v) is 7.73. The summed E-state index contributed by atoms with van der Waals surface area (Å²) in [5, 5.41) is 0. The molecule has 2 saturated heterocycles. The van der Waals surface area contributed by atoms with Crippen molar-refractivity contribution >= 4 is 0 Å². The van der Waals surface area contributed by atoms with Crippen molar-refractivity contribution in [1.82, 2.24) is 9.80 Å². The van der Waals surface area contributed by atoms with Crippen LogP contribution in [0.15, 0.2) is 60.7 Å². The second kappa shape index (κ2) is 11.3. The predicted octanol–water partition coefficient (Wildman–Crippen LogP) is 3.81. The molecule has 4 rings (SSSR count). The molecule has 2 heterocycles. The Hall–Kier alpha value is -1.72. The molecule has 2 aliphatic rings. The highest BCUT2D eigenvalue weighted by molar-refractivity contribution is 5.15. The molecule has 28 heavy (non-hydrogen) atoms.